The van der Waals surface area contributed by atoms with E-state index >= 15 is 0 Å². The van der Waals surface area contributed by atoms with Gasteiger partial charge in [0.2, 0.25) is 0 Å². The van der Waals surface area contributed by atoms with Gasteiger partial charge in [0.1, 0.15) is 11.6 Å². The van der Waals surface area contributed by atoms with Gasteiger partial charge in [-0.15, -0.1) is 0 Å². The van der Waals surface area contributed by atoms with Crippen molar-refractivity contribution in [3.63, 3.8) is 0 Å². The minimum absolute atomic E-state index is 0.168. The molecule has 2 aliphatic carbocycles. The number of hydrogen-bond donors (Lipinski definition) is 1. The fourth-order valence-electron chi connectivity index (χ4n) is 3.30. The van der Waals surface area contributed by atoms with Crippen LogP contribution in [-0.2, 0) is 10.2 Å². The lowest BCUT2D eigenvalue weighted by atomic mass is 9.69. The third kappa shape index (κ3) is 2.94. The van der Waals surface area contributed by atoms with Gasteiger partial charge >= 0.3 is 5.97 Å². The number of rotatable bonds is 5. The van der Waals surface area contributed by atoms with Crippen molar-refractivity contribution in [1.82, 2.24) is 0 Å². The fourth-order valence-corrected chi connectivity index (χ4v) is 3.56. The van der Waals surface area contributed by atoms with Crippen LogP contribution in [0.4, 0.5) is 4.39 Å². The summed E-state index contributed by atoms with van der Waals surface area (Å²) in [5, 5.41) is 9.99. The molecule has 5 heteroatoms. The molecule has 0 aliphatic heterocycles. The molecule has 0 unspecified atom stereocenters. The topological polar surface area (TPSA) is 46.5 Å². The lowest BCUT2D eigenvalue weighted by Crippen LogP contribution is -2.38. The highest BCUT2D eigenvalue weighted by molar-refractivity contribution is 6.32. The average molecular weight is 327 g/mol. The van der Waals surface area contributed by atoms with E-state index in [4.69, 9.17) is 16.3 Å². The maximum absolute atomic E-state index is 13.9. The van der Waals surface area contributed by atoms with E-state index in [-0.39, 0.29) is 5.02 Å². The molecule has 0 saturated heterocycles. The van der Waals surface area contributed by atoms with E-state index in [2.05, 4.69) is 0 Å². The fraction of sp³-hybridized carbons (Fsp3) is 0.588. The number of carboxylic acid groups (broad SMARTS) is 1. The van der Waals surface area contributed by atoms with Gasteiger partial charge in [-0.25, -0.2) is 4.39 Å². The van der Waals surface area contributed by atoms with Crippen molar-refractivity contribution in [3.8, 4) is 5.75 Å². The third-order valence-corrected chi connectivity index (χ3v) is 5.08. The zero-order valence-corrected chi connectivity index (χ0v) is 13.2. The van der Waals surface area contributed by atoms with E-state index in [1.54, 1.807) is 0 Å². The maximum Gasteiger partial charge on any atom is 0.314 e. The SMILES string of the molecule is O=C(O)C1(c2cc(F)cc(Cl)c2OCC2CC2)CCCCC1. The zero-order chi connectivity index (χ0) is 15.7. The lowest BCUT2D eigenvalue weighted by Gasteiger charge is -2.35. The molecular formula is C17H20ClFO3. The van der Waals surface area contributed by atoms with Gasteiger partial charge in [0.15, 0.2) is 0 Å². The summed E-state index contributed by atoms with van der Waals surface area (Å²) in [6.45, 7) is 0.522. The molecule has 2 fully saturated rings. The standard InChI is InChI=1S/C17H20ClFO3/c18-14-9-12(19)8-13(15(14)22-10-11-4-5-11)17(16(20)21)6-2-1-3-7-17/h8-9,11H,1-7,10H2,(H,20,21). The number of carboxylic acids is 1. The Kier molecular flexibility index (Phi) is 4.31. The number of hydrogen-bond acceptors (Lipinski definition) is 2. The van der Waals surface area contributed by atoms with Gasteiger partial charge in [-0.1, -0.05) is 30.9 Å². The molecule has 0 spiro atoms. The third-order valence-electron chi connectivity index (χ3n) is 4.80. The predicted octanol–water partition coefficient (Wildman–Crippen LogP) is 4.55. The van der Waals surface area contributed by atoms with Crippen molar-refractivity contribution < 1.29 is 19.0 Å². The number of aliphatic carboxylic acids is 1. The second-order valence-electron chi connectivity index (χ2n) is 6.47. The van der Waals surface area contributed by atoms with Gasteiger partial charge in [-0.05, 0) is 43.7 Å². The van der Waals surface area contributed by atoms with E-state index in [1.807, 2.05) is 0 Å². The van der Waals surface area contributed by atoms with Crippen molar-refractivity contribution in [2.75, 3.05) is 6.61 Å². The summed E-state index contributed by atoms with van der Waals surface area (Å²) in [6.07, 6.45) is 5.90. The van der Waals surface area contributed by atoms with Crippen molar-refractivity contribution in [2.45, 2.75) is 50.4 Å². The van der Waals surface area contributed by atoms with Gasteiger partial charge in [-0.3, -0.25) is 4.79 Å². The Hall–Kier alpha value is -1.29. The van der Waals surface area contributed by atoms with Crippen LogP contribution in [0.15, 0.2) is 12.1 Å². The van der Waals surface area contributed by atoms with Gasteiger partial charge in [-0.2, -0.15) is 0 Å². The predicted molar refractivity (Wildman–Crippen MR) is 82.0 cm³/mol. The molecule has 1 aromatic rings. The summed E-state index contributed by atoms with van der Waals surface area (Å²) < 4.78 is 19.7. The molecular weight excluding hydrogens is 307 g/mol. The molecule has 0 amide bonds. The maximum atomic E-state index is 13.9. The highest BCUT2D eigenvalue weighted by atomic mass is 35.5. The highest BCUT2D eigenvalue weighted by Crippen LogP contribution is 2.46. The molecule has 22 heavy (non-hydrogen) atoms. The molecule has 0 radical (unpaired) electrons. The minimum atomic E-state index is -1.08. The molecule has 0 bridgehead atoms. The van der Waals surface area contributed by atoms with Crippen LogP contribution < -0.4 is 4.74 Å². The Morgan fingerprint density at radius 2 is 2.00 bits per heavy atom. The highest BCUT2D eigenvalue weighted by Gasteiger charge is 2.44. The molecule has 2 saturated carbocycles. The molecule has 0 atom stereocenters. The molecule has 2 aliphatic rings. The number of halogens is 2. The number of carbonyl (C=O) groups is 1. The monoisotopic (exact) mass is 326 g/mol. The van der Waals surface area contributed by atoms with Crippen LogP contribution >= 0.6 is 11.6 Å². The summed E-state index contributed by atoms with van der Waals surface area (Å²) in [4.78, 5) is 12.0. The van der Waals surface area contributed by atoms with E-state index in [0.29, 0.717) is 36.7 Å². The molecule has 3 nitrogen and oxygen atoms in total. The number of ether oxygens (including phenoxy) is 1. The van der Waals surface area contributed by atoms with Crippen LogP contribution in [0.1, 0.15) is 50.5 Å². The van der Waals surface area contributed by atoms with Crippen LogP contribution in [0.5, 0.6) is 5.75 Å². The Morgan fingerprint density at radius 3 is 2.59 bits per heavy atom. The van der Waals surface area contributed by atoms with Crippen molar-refractivity contribution in [2.24, 2.45) is 5.92 Å². The Balaban J connectivity index is 2.03. The normalized spacial score (nSPS) is 20.6. The first-order valence-corrected chi connectivity index (χ1v) is 8.26. The van der Waals surface area contributed by atoms with Crippen LogP contribution in [0.2, 0.25) is 5.02 Å². The summed E-state index contributed by atoms with van der Waals surface area (Å²) in [5.74, 6) is -0.546. The second kappa shape index (κ2) is 6.07. The van der Waals surface area contributed by atoms with Gasteiger partial charge in [0, 0.05) is 5.56 Å². The van der Waals surface area contributed by atoms with E-state index in [1.165, 1.54) is 12.1 Å². The van der Waals surface area contributed by atoms with E-state index in [9.17, 15) is 14.3 Å². The summed E-state index contributed by atoms with van der Waals surface area (Å²) in [5.41, 5.74) is -0.673. The second-order valence-corrected chi connectivity index (χ2v) is 6.87. The smallest absolute Gasteiger partial charge is 0.314 e. The van der Waals surface area contributed by atoms with Crippen LogP contribution in [-0.4, -0.2) is 17.7 Å². The molecule has 3 rings (SSSR count). The van der Waals surface area contributed by atoms with E-state index in [0.717, 1.165) is 32.1 Å². The lowest BCUT2D eigenvalue weighted by molar-refractivity contribution is -0.145. The van der Waals surface area contributed by atoms with Gasteiger partial charge in [0.05, 0.1) is 17.0 Å². The Morgan fingerprint density at radius 1 is 1.32 bits per heavy atom. The van der Waals surface area contributed by atoms with Crippen molar-refractivity contribution in [3.05, 3.63) is 28.5 Å². The first kappa shape index (κ1) is 15.6. The van der Waals surface area contributed by atoms with Crippen molar-refractivity contribution >= 4 is 17.6 Å². The van der Waals surface area contributed by atoms with E-state index < -0.39 is 17.2 Å². The molecule has 1 aromatic carbocycles. The molecule has 120 valence electrons. The summed E-state index contributed by atoms with van der Waals surface area (Å²) in [7, 11) is 0. The van der Waals surface area contributed by atoms with Gasteiger partial charge in [0.25, 0.3) is 0 Å². The summed E-state index contributed by atoms with van der Waals surface area (Å²) >= 11 is 6.17. The average Bonchev–Trinajstić information content (AvgIpc) is 3.30. The number of benzene rings is 1. The first-order chi connectivity index (χ1) is 10.5. The Labute approximate surface area is 134 Å². The zero-order valence-electron chi connectivity index (χ0n) is 12.4. The molecule has 0 aromatic heterocycles. The van der Waals surface area contributed by atoms with Crippen LogP contribution in [0.25, 0.3) is 0 Å². The Bertz CT molecular complexity index is 578. The van der Waals surface area contributed by atoms with Gasteiger partial charge < -0.3 is 9.84 Å². The van der Waals surface area contributed by atoms with Crippen LogP contribution in [0, 0.1) is 11.7 Å². The van der Waals surface area contributed by atoms with Crippen LogP contribution in [0.3, 0.4) is 0 Å². The minimum Gasteiger partial charge on any atom is -0.491 e. The molecule has 1 N–H and O–H groups in total. The first-order valence-electron chi connectivity index (χ1n) is 7.89. The quantitative estimate of drug-likeness (QED) is 0.863. The molecule has 0 heterocycles. The summed E-state index contributed by atoms with van der Waals surface area (Å²) in [6, 6.07) is 2.50. The largest absolute Gasteiger partial charge is 0.491 e. The van der Waals surface area contributed by atoms with Crippen molar-refractivity contribution in [1.29, 1.82) is 0 Å².